The van der Waals surface area contributed by atoms with Gasteiger partial charge in [-0.2, -0.15) is 0 Å². The van der Waals surface area contributed by atoms with E-state index in [1.54, 1.807) is 48.5 Å². The van der Waals surface area contributed by atoms with Crippen molar-refractivity contribution >= 4 is 29.4 Å². The number of carboxylic acid groups (broad SMARTS) is 1. The van der Waals surface area contributed by atoms with Crippen LogP contribution in [0.5, 0.6) is 5.75 Å². The molecule has 1 aliphatic heterocycles. The molecule has 3 amide bonds. The molecule has 1 aliphatic rings. The number of aliphatic carboxylic acids is 1. The number of benzene rings is 3. The molecule has 15 heteroatoms. The third-order valence-corrected chi connectivity index (χ3v) is 8.38. The van der Waals surface area contributed by atoms with E-state index in [2.05, 4.69) is 21.9 Å². The average molecular weight is 734 g/mol. The number of nitrogens with one attached hydrogen (secondary N) is 3. The number of rotatable bonds is 17. The zero-order valence-corrected chi connectivity index (χ0v) is 28.9. The van der Waals surface area contributed by atoms with Crippen LogP contribution in [0.2, 0.25) is 0 Å². The van der Waals surface area contributed by atoms with Crippen molar-refractivity contribution in [1.29, 1.82) is 0 Å². The molecule has 0 spiro atoms. The molecule has 53 heavy (non-hydrogen) atoms. The molecule has 0 aromatic heterocycles. The fraction of sp³-hybridized carbons (Fsp3) is 0.368. The molecule has 1 fully saturated rings. The predicted octanol–water partition coefficient (Wildman–Crippen LogP) is 0.719. The Morgan fingerprint density at radius 1 is 0.962 bits per heavy atom. The van der Waals surface area contributed by atoms with Crippen molar-refractivity contribution in [3.63, 3.8) is 0 Å². The average Bonchev–Trinajstić information content (AvgIpc) is 3.14. The molecule has 6 atom stereocenters. The van der Waals surface area contributed by atoms with Crippen LogP contribution in [0.4, 0.5) is 5.69 Å². The highest BCUT2D eigenvalue weighted by molar-refractivity contribution is 5.89. The minimum atomic E-state index is -2.53. The molecule has 1 saturated heterocycles. The molecule has 1 heterocycles. The van der Waals surface area contributed by atoms with Crippen LogP contribution < -0.4 is 20.7 Å². The van der Waals surface area contributed by atoms with E-state index in [9.17, 15) is 44.7 Å². The van der Waals surface area contributed by atoms with Crippen LogP contribution in [0.3, 0.4) is 0 Å². The lowest BCUT2D eigenvalue weighted by Crippen LogP contribution is -2.68. The monoisotopic (exact) mass is 733 g/mol. The molecule has 0 bridgehead atoms. The van der Waals surface area contributed by atoms with Gasteiger partial charge in [-0.05, 0) is 46.5 Å². The second kappa shape index (κ2) is 18.9. The summed E-state index contributed by atoms with van der Waals surface area (Å²) in [7, 11) is 0. The number of ether oxygens (including phenoxy) is 3. The number of terminal acetylenes is 1. The summed E-state index contributed by atoms with van der Waals surface area (Å²) in [5, 5.41) is 60.1. The number of anilines is 1. The zero-order valence-electron chi connectivity index (χ0n) is 28.9. The minimum Gasteiger partial charge on any atom is -0.493 e. The van der Waals surface area contributed by atoms with Gasteiger partial charge in [-0.1, -0.05) is 48.5 Å². The quantitative estimate of drug-likeness (QED) is 0.0709. The van der Waals surface area contributed by atoms with Crippen molar-refractivity contribution in [3.8, 4) is 29.2 Å². The largest absolute Gasteiger partial charge is 0.493 e. The van der Waals surface area contributed by atoms with Crippen molar-refractivity contribution in [2.45, 2.75) is 69.0 Å². The van der Waals surface area contributed by atoms with E-state index in [-0.39, 0.29) is 18.9 Å². The van der Waals surface area contributed by atoms with Crippen LogP contribution in [0.25, 0.3) is 11.1 Å². The third-order valence-electron chi connectivity index (χ3n) is 8.38. The van der Waals surface area contributed by atoms with E-state index < -0.39 is 73.6 Å². The summed E-state index contributed by atoms with van der Waals surface area (Å²) in [4.78, 5) is 48.7. The van der Waals surface area contributed by atoms with Crippen LogP contribution in [0, 0.1) is 12.3 Å². The molecule has 3 aromatic carbocycles. The van der Waals surface area contributed by atoms with Crippen LogP contribution in [0.15, 0.2) is 72.8 Å². The molecule has 282 valence electrons. The van der Waals surface area contributed by atoms with Gasteiger partial charge in [-0.25, -0.2) is 4.79 Å². The summed E-state index contributed by atoms with van der Waals surface area (Å²) < 4.78 is 17.0. The molecular weight excluding hydrogens is 690 g/mol. The van der Waals surface area contributed by atoms with E-state index >= 15 is 0 Å². The molecule has 0 aliphatic carbocycles. The SMILES string of the molecule is C#CCCOc1ccc(CO[C@]2(C(=O)O)C[C@H](O)C(NC(=O)CO)[C@H]([C@H](O)[C@H](O)CNC(=O)Cc3ccc(-c4ccc(NC(C)=O)cc4)cc3)O2)cc1. The van der Waals surface area contributed by atoms with Gasteiger partial charge in [0.25, 0.3) is 5.79 Å². The highest BCUT2D eigenvalue weighted by atomic mass is 16.7. The number of hydrogen-bond acceptors (Lipinski definition) is 11. The summed E-state index contributed by atoms with van der Waals surface area (Å²) in [6.07, 6.45) is -2.31. The lowest BCUT2D eigenvalue weighted by Gasteiger charge is -2.46. The van der Waals surface area contributed by atoms with Gasteiger partial charge in [-0.15, -0.1) is 12.3 Å². The minimum absolute atomic E-state index is 0.0770. The summed E-state index contributed by atoms with van der Waals surface area (Å²) in [6, 6.07) is 19.4. The van der Waals surface area contributed by atoms with Crippen molar-refractivity contribution in [2.24, 2.45) is 0 Å². The number of aliphatic hydroxyl groups is 4. The first kappa shape index (κ1) is 40.4. The fourth-order valence-electron chi connectivity index (χ4n) is 5.63. The Bertz CT molecular complexity index is 1740. The topological polar surface area (TPSA) is 233 Å². The Kier molecular flexibility index (Phi) is 14.5. The van der Waals surface area contributed by atoms with Gasteiger partial charge >= 0.3 is 5.97 Å². The third kappa shape index (κ3) is 11.3. The van der Waals surface area contributed by atoms with Gasteiger partial charge in [0.15, 0.2) is 0 Å². The van der Waals surface area contributed by atoms with E-state index in [0.717, 1.165) is 11.1 Å². The molecule has 1 unspecified atom stereocenters. The molecule has 4 rings (SSSR count). The van der Waals surface area contributed by atoms with Crippen LogP contribution in [-0.2, 0) is 41.7 Å². The highest BCUT2D eigenvalue weighted by Gasteiger charge is 2.56. The number of amides is 3. The molecule has 0 radical (unpaired) electrons. The van der Waals surface area contributed by atoms with Gasteiger partial charge < -0.3 is 55.7 Å². The van der Waals surface area contributed by atoms with E-state index in [1.807, 2.05) is 24.3 Å². The molecule has 8 N–H and O–H groups in total. The second-order valence-electron chi connectivity index (χ2n) is 12.4. The summed E-state index contributed by atoms with van der Waals surface area (Å²) in [5.41, 5.74) is 3.59. The van der Waals surface area contributed by atoms with Crippen molar-refractivity contribution in [3.05, 3.63) is 83.9 Å². The van der Waals surface area contributed by atoms with Crippen molar-refractivity contribution in [2.75, 3.05) is 25.1 Å². The van der Waals surface area contributed by atoms with E-state index in [4.69, 9.17) is 20.6 Å². The first-order chi connectivity index (χ1) is 25.3. The number of carbonyl (C=O) groups excluding carboxylic acids is 3. The normalized spacial score (nSPS) is 20.6. The zero-order chi connectivity index (χ0) is 38.5. The maximum absolute atomic E-state index is 12.8. The Balaban J connectivity index is 1.39. The Labute approximate surface area is 305 Å². The second-order valence-corrected chi connectivity index (χ2v) is 12.4. The van der Waals surface area contributed by atoms with Crippen LogP contribution in [-0.4, -0.2) is 105 Å². The van der Waals surface area contributed by atoms with Gasteiger partial charge in [0.1, 0.15) is 24.6 Å². The Morgan fingerprint density at radius 2 is 1.58 bits per heavy atom. The summed E-state index contributed by atoms with van der Waals surface area (Å²) >= 11 is 0. The fourth-order valence-corrected chi connectivity index (χ4v) is 5.63. The molecule has 3 aromatic rings. The van der Waals surface area contributed by atoms with Gasteiger partial charge in [0.2, 0.25) is 17.7 Å². The molecule has 15 nitrogen and oxygen atoms in total. The highest BCUT2D eigenvalue weighted by Crippen LogP contribution is 2.34. The van der Waals surface area contributed by atoms with Crippen molar-refractivity contribution in [1.82, 2.24) is 10.6 Å². The van der Waals surface area contributed by atoms with Gasteiger partial charge in [-0.3, -0.25) is 14.4 Å². The summed E-state index contributed by atoms with van der Waals surface area (Å²) in [6.45, 7) is -0.0807. The van der Waals surface area contributed by atoms with E-state index in [1.165, 1.54) is 6.92 Å². The molecule has 0 saturated carbocycles. The number of carboxylic acids is 1. The van der Waals surface area contributed by atoms with E-state index in [0.29, 0.717) is 35.6 Å². The lowest BCUT2D eigenvalue weighted by molar-refractivity contribution is -0.314. The lowest BCUT2D eigenvalue weighted by atomic mass is 9.88. The molecular formula is C38H43N3O12. The summed E-state index contributed by atoms with van der Waals surface area (Å²) in [5.74, 6) is -2.84. The number of aliphatic hydroxyl groups excluding tert-OH is 4. The van der Waals surface area contributed by atoms with Crippen LogP contribution >= 0.6 is 0 Å². The van der Waals surface area contributed by atoms with Gasteiger partial charge in [0.05, 0.1) is 37.9 Å². The predicted molar refractivity (Wildman–Crippen MR) is 190 cm³/mol. The maximum Gasteiger partial charge on any atom is 0.364 e. The Hall–Kier alpha value is -5.34. The standard InChI is InChI=1S/C38H43N3O12/c1-3-4-17-51-29-15-7-25(8-16-29)22-52-38(37(49)50)19-30(44)34(41-33(47)21-42)36(53-38)35(48)31(45)20-39-32(46)18-24-5-9-26(10-6-24)27-11-13-28(14-12-27)40-23(2)43/h1,5-16,30-31,34-36,42,44-45,48H,4,17-22H2,2H3,(H,39,46)(H,40,43)(H,41,47)(H,49,50)/t30-,31+,34?,35+,36+,38+/m0/s1. The van der Waals surface area contributed by atoms with Crippen LogP contribution in [0.1, 0.15) is 30.9 Å². The number of hydrogen-bond donors (Lipinski definition) is 8. The maximum atomic E-state index is 12.8. The smallest absolute Gasteiger partial charge is 0.364 e. The van der Waals surface area contributed by atoms with Gasteiger partial charge in [0, 0.05) is 32.0 Å². The first-order valence-electron chi connectivity index (χ1n) is 16.7. The van der Waals surface area contributed by atoms with Crippen molar-refractivity contribution < 1.29 is 58.9 Å². The number of carbonyl (C=O) groups is 4. The Morgan fingerprint density at radius 3 is 2.17 bits per heavy atom. The first-order valence-corrected chi connectivity index (χ1v) is 16.7.